The molecule has 31 heavy (non-hydrogen) atoms. The number of hydrogen-bond donors (Lipinski definition) is 2. The first-order chi connectivity index (χ1) is 15.0. The molecule has 2 aromatic heterocycles. The number of carbonyl (C=O) groups excluding carboxylic acids is 1. The van der Waals surface area contributed by atoms with Crippen molar-refractivity contribution in [2.24, 2.45) is 0 Å². The van der Waals surface area contributed by atoms with Gasteiger partial charge in [0.2, 0.25) is 0 Å². The lowest BCUT2D eigenvalue weighted by atomic mass is 9.82. The van der Waals surface area contributed by atoms with Gasteiger partial charge >= 0.3 is 6.03 Å². The Morgan fingerprint density at radius 3 is 2.84 bits per heavy atom. The lowest BCUT2D eigenvalue weighted by Gasteiger charge is -2.23. The molecule has 0 bridgehead atoms. The molecule has 7 heteroatoms. The number of nitrogens with one attached hydrogen (secondary N) is 1. The van der Waals surface area contributed by atoms with E-state index in [-0.39, 0.29) is 11.4 Å². The van der Waals surface area contributed by atoms with Gasteiger partial charge in [-0.2, -0.15) is 5.10 Å². The van der Waals surface area contributed by atoms with Crippen molar-refractivity contribution in [3.05, 3.63) is 53.9 Å². The molecule has 2 amide bonds. The first-order valence-electron chi connectivity index (χ1n) is 10.9. The molecule has 2 aliphatic rings. The highest BCUT2D eigenvalue weighted by molar-refractivity contribution is 5.79. The van der Waals surface area contributed by atoms with E-state index in [0.717, 1.165) is 54.9 Å². The molecule has 1 saturated heterocycles. The van der Waals surface area contributed by atoms with Gasteiger partial charge in [-0.3, -0.25) is 4.68 Å². The molecule has 1 spiro atoms. The van der Waals surface area contributed by atoms with Gasteiger partial charge in [-0.05, 0) is 44.4 Å². The number of nitrogen functional groups attached to an aromatic ring is 1. The van der Waals surface area contributed by atoms with Crippen LogP contribution >= 0.6 is 0 Å². The number of carbonyl (C=O) groups is 1. The summed E-state index contributed by atoms with van der Waals surface area (Å²) in [5.41, 5.74) is 12.5. The number of aromatic nitrogens is 3. The minimum atomic E-state index is -0.00304. The monoisotopic (exact) mass is 416 g/mol. The molecule has 4 heterocycles. The molecule has 0 aliphatic carbocycles. The van der Waals surface area contributed by atoms with Crippen molar-refractivity contribution in [2.45, 2.75) is 38.6 Å². The van der Waals surface area contributed by atoms with Crippen LogP contribution in [0.2, 0.25) is 0 Å². The van der Waals surface area contributed by atoms with Crippen molar-refractivity contribution in [3.8, 4) is 22.4 Å². The van der Waals surface area contributed by atoms with E-state index in [1.165, 1.54) is 11.3 Å². The third kappa shape index (κ3) is 3.34. The molecule has 1 atom stereocenters. The average Bonchev–Trinajstić information content (AvgIpc) is 3.46. The predicted molar refractivity (Wildman–Crippen MR) is 122 cm³/mol. The number of hydrogen-bond acceptors (Lipinski definition) is 4. The zero-order valence-electron chi connectivity index (χ0n) is 18.1. The second-order valence-corrected chi connectivity index (χ2v) is 8.70. The highest BCUT2D eigenvalue weighted by Crippen LogP contribution is 2.44. The minimum Gasteiger partial charge on any atom is -0.383 e. The number of likely N-dealkylation sites (tertiary alicyclic amines) is 1. The van der Waals surface area contributed by atoms with Gasteiger partial charge in [0.15, 0.2) is 0 Å². The maximum atomic E-state index is 12.3. The van der Waals surface area contributed by atoms with Gasteiger partial charge in [0, 0.05) is 54.6 Å². The van der Waals surface area contributed by atoms with E-state index >= 15 is 0 Å². The molecular weight excluding hydrogens is 388 g/mol. The van der Waals surface area contributed by atoms with Gasteiger partial charge in [0.25, 0.3) is 0 Å². The molecule has 0 radical (unpaired) electrons. The summed E-state index contributed by atoms with van der Waals surface area (Å²) in [6, 6.07) is 12.6. The van der Waals surface area contributed by atoms with E-state index in [4.69, 9.17) is 10.8 Å². The van der Waals surface area contributed by atoms with Crippen LogP contribution in [0.3, 0.4) is 0 Å². The van der Waals surface area contributed by atoms with Gasteiger partial charge in [0.05, 0.1) is 5.69 Å². The van der Waals surface area contributed by atoms with E-state index in [1.807, 2.05) is 17.9 Å². The normalized spacial score (nSPS) is 19.7. The van der Waals surface area contributed by atoms with Gasteiger partial charge in [-0.25, -0.2) is 9.78 Å². The van der Waals surface area contributed by atoms with E-state index < -0.39 is 0 Å². The second kappa shape index (κ2) is 7.41. The van der Waals surface area contributed by atoms with E-state index in [9.17, 15) is 4.79 Å². The van der Waals surface area contributed by atoms with Crippen molar-refractivity contribution in [2.75, 3.05) is 25.4 Å². The van der Waals surface area contributed by atoms with Crippen LogP contribution in [0.25, 0.3) is 22.4 Å². The van der Waals surface area contributed by atoms with Gasteiger partial charge in [0.1, 0.15) is 5.82 Å². The zero-order chi connectivity index (χ0) is 21.6. The third-order valence-corrected chi connectivity index (χ3v) is 6.64. The maximum Gasteiger partial charge on any atom is 0.317 e. The average molecular weight is 417 g/mol. The van der Waals surface area contributed by atoms with Crippen molar-refractivity contribution >= 4 is 11.8 Å². The maximum absolute atomic E-state index is 12.3. The SMILES string of the molecule is CCNC(=O)N1CC[C@@]2(CCn3nc(-c4cnc(N)c(-c5cccc(C)c5)c4)cc32)C1. The number of aryl methyl sites for hydroxylation is 2. The summed E-state index contributed by atoms with van der Waals surface area (Å²) in [5.74, 6) is 0.519. The fraction of sp³-hybridized carbons (Fsp3) is 0.375. The van der Waals surface area contributed by atoms with Gasteiger partial charge in [-0.15, -0.1) is 0 Å². The van der Waals surface area contributed by atoms with Crippen LogP contribution < -0.4 is 11.1 Å². The number of nitrogens with two attached hydrogens (primary N) is 1. The number of rotatable bonds is 3. The quantitative estimate of drug-likeness (QED) is 0.683. The lowest BCUT2D eigenvalue weighted by molar-refractivity contribution is 0.206. The van der Waals surface area contributed by atoms with Crippen LogP contribution in [0.5, 0.6) is 0 Å². The first kappa shape index (κ1) is 19.6. The highest BCUT2D eigenvalue weighted by atomic mass is 16.2. The Balaban J connectivity index is 1.47. The van der Waals surface area contributed by atoms with Crippen molar-refractivity contribution < 1.29 is 4.79 Å². The standard InChI is InChI=1S/C24H28N6O/c1-3-26-23(31)29-9-7-24(15-29)8-10-30-21(24)13-20(28-30)18-12-19(22(25)27-14-18)17-6-4-5-16(2)11-17/h4-6,11-14H,3,7-10,15H2,1-2H3,(H2,25,27)(H,26,31)/t24-/m1/s1. The molecule has 2 aliphatic heterocycles. The smallest absolute Gasteiger partial charge is 0.317 e. The predicted octanol–water partition coefficient (Wildman–Crippen LogP) is 3.58. The molecular formula is C24H28N6O. The van der Waals surface area contributed by atoms with E-state index in [0.29, 0.717) is 12.4 Å². The van der Waals surface area contributed by atoms with E-state index in [2.05, 4.69) is 52.2 Å². The number of anilines is 1. The Morgan fingerprint density at radius 1 is 1.19 bits per heavy atom. The summed E-state index contributed by atoms with van der Waals surface area (Å²) in [5, 5.41) is 7.81. The summed E-state index contributed by atoms with van der Waals surface area (Å²) >= 11 is 0. The number of fused-ring (bicyclic) bond motifs is 2. The van der Waals surface area contributed by atoms with Crippen LogP contribution in [0.4, 0.5) is 10.6 Å². The largest absolute Gasteiger partial charge is 0.383 e. The van der Waals surface area contributed by atoms with Crippen LogP contribution in [0, 0.1) is 6.92 Å². The number of pyridine rings is 1. The summed E-state index contributed by atoms with van der Waals surface area (Å²) in [6.07, 6.45) is 3.80. The number of benzene rings is 1. The van der Waals surface area contributed by atoms with Crippen molar-refractivity contribution in [3.63, 3.8) is 0 Å². The second-order valence-electron chi connectivity index (χ2n) is 8.70. The zero-order valence-corrected chi connectivity index (χ0v) is 18.1. The molecule has 160 valence electrons. The Hall–Kier alpha value is -3.35. The van der Waals surface area contributed by atoms with Gasteiger partial charge in [-0.1, -0.05) is 29.8 Å². The van der Waals surface area contributed by atoms with Crippen molar-refractivity contribution in [1.82, 2.24) is 25.0 Å². The summed E-state index contributed by atoms with van der Waals surface area (Å²) in [4.78, 5) is 18.7. The molecule has 3 aromatic rings. The fourth-order valence-corrected chi connectivity index (χ4v) is 4.98. The Kier molecular flexibility index (Phi) is 4.68. The minimum absolute atomic E-state index is 0.00304. The van der Waals surface area contributed by atoms with Crippen molar-refractivity contribution in [1.29, 1.82) is 0 Å². The Labute approximate surface area is 182 Å². The molecule has 5 rings (SSSR count). The van der Waals surface area contributed by atoms with E-state index in [1.54, 1.807) is 6.20 Å². The number of nitrogens with zero attached hydrogens (tertiary/aromatic N) is 4. The summed E-state index contributed by atoms with van der Waals surface area (Å²) in [6.45, 7) is 7.09. The summed E-state index contributed by atoms with van der Waals surface area (Å²) in [7, 11) is 0. The van der Waals surface area contributed by atoms with Crippen LogP contribution in [-0.4, -0.2) is 45.3 Å². The topological polar surface area (TPSA) is 89.1 Å². The Bertz CT molecular complexity index is 1150. The third-order valence-electron chi connectivity index (χ3n) is 6.64. The van der Waals surface area contributed by atoms with Gasteiger partial charge < -0.3 is 16.0 Å². The molecule has 0 unspecified atom stereocenters. The number of amides is 2. The number of urea groups is 1. The molecule has 0 saturated carbocycles. The summed E-state index contributed by atoms with van der Waals surface area (Å²) < 4.78 is 2.11. The fourth-order valence-electron chi connectivity index (χ4n) is 4.98. The Morgan fingerprint density at radius 2 is 2.03 bits per heavy atom. The molecule has 3 N–H and O–H groups in total. The lowest BCUT2D eigenvalue weighted by Crippen LogP contribution is -2.40. The molecule has 1 aromatic carbocycles. The van der Waals surface area contributed by atoms with Crippen LogP contribution in [0.15, 0.2) is 42.6 Å². The highest BCUT2D eigenvalue weighted by Gasteiger charge is 2.46. The van der Waals surface area contributed by atoms with Crippen LogP contribution in [-0.2, 0) is 12.0 Å². The molecule has 1 fully saturated rings. The molecule has 7 nitrogen and oxygen atoms in total. The first-order valence-corrected chi connectivity index (χ1v) is 10.9. The van der Waals surface area contributed by atoms with Crippen LogP contribution in [0.1, 0.15) is 31.0 Å².